The number of aliphatic hydroxyl groups is 1. The minimum absolute atomic E-state index is 0.0785. The minimum atomic E-state index is -2.13. The van der Waals surface area contributed by atoms with Gasteiger partial charge in [0, 0.05) is 18.7 Å². The van der Waals surface area contributed by atoms with Crippen molar-refractivity contribution in [3.63, 3.8) is 0 Å². The van der Waals surface area contributed by atoms with Gasteiger partial charge in [-0.2, -0.15) is 8.78 Å². The monoisotopic (exact) mass is 498 g/mol. The molecule has 0 amide bonds. The van der Waals surface area contributed by atoms with Crippen LogP contribution in [0.1, 0.15) is 12.8 Å². The first-order valence-corrected chi connectivity index (χ1v) is 9.83. The first kappa shape index (κ1) is 25.6. The van der Waals surface area contributed by atoms with E-state index in [0.717, 1.165) is 0 Å². The van der Waals surface area contributed by atoms with Crippen LogP contribution in [0, 0.1) is 0 Å². The van der Waals surface area contributed by atoms with Gasteiger partial charge in [0.25, 0.3) is 6.08 Å². The van der Waals surface area contributed by atoms with Crippen LogP contribution in [0.3, 0.4) is 0 Å². The number of halogens is 7. The number of ether oxygens (including phenoxy) is 3. The fourth-order valence-electron chi connectivity index (χ4n) is 1.81. The van der Waals surface area contributed by atoms with E-state index in [2.05, 4.69) is 0 Å². The zero-order valence-electron chi connectivity index (χ0n) is 14.4. The van der Waals surface area contributed by atoms with Gasteiger partial charge < -0.3 is 19.3 Å². The van der Waals surface area contributed by atoms with Crippen LogP contribution in [-0.4, -0.2) is 37.6 Å². The largest absolute Gasteiger partial charge is 0.492 e. The highest BCUT2D eigenvalue weighted by Gasteiger charge is 2.14. The first-order chi connectivity index (χ1) is 13.2. The summed E-state index contributed by atoms with van der Waals surface area (Å²) in [6, 6.07) is 3.04. The quantitative estimate of drug-likeness (QED) is 0.330. The summed E-state index contributed by atoms with van der Waals surface area (Å²) in [5.41, 5.74) is 0. The minimum Gasteiger partial charge on any atom is -0.492 e. The molecule has 4 nitrogen and oxygen atoms in total. The Bertz CT molecular complexity index is 692. The molecular formula is C17H17Cl5F2O4. The molecule has 0 fully saturated rings. The van der Waals surface area contributed by atoms with Gasteiger partial charge in [-0.25, -0.2) is 0 Å². The van der Waals surface area contributed by atoms with E-state index < -0.39 is 17.2 Å². The molecule has 0 aromatic heterocycles. The summed E-state index contributed by atoms with van der Waals surface area (Å²) in [5.74, 6) is 0.742. The Morgan fingerprint density at radius 2 is 1.57 bits per heavy atom. The average Bonchev–Trinajstić information content (AvgIpc) is 2.63. The van der Waals surface area contributed by atoms with E-state index in [1.165, 1.54) is 18.2 Å². The van der Waals surface area contributed by atoms with Crippen LogP contribution in [-0.2, 0) is 4.74 Å². The predicted molar refractivity (Wildman–Crippen MR) is 108 cm³/mol. The second kappa shape index (κ2) is 13.7. The van der Waals surface area contributed by atoms with E-state index in [0.29, 0.717) is 41.0 Å². The van der Waals surface area contributed by atoms with Gasteiger partial charge >= 0.3 is 0 Å². The van der Waals surface area contributed by atoms with E-state index in [-0.39, 0.29) is 24.3 Å². The van der Waals surface area contributed by atoms with Gasteiger partial charge in [0.15, 0.2) is 0 Å². The number of hydrogen-bond donors (Lipinski definition) is 1. The summed E-state index contributed by atoms with van der Waals surface area (Å²) in [6.07, 6.45) is -1.04. The summed E-state index contributed by atoms with van der Waals surface area (Å²) in [5, 5.41) is 9.03. The van der Waals surface area contributed by atoms with Crippen molar-refractivity contribution < 1.29 is 28.1 Å². The van der Waals surface area contributed by atoms with Gasteiger partial charge in [0.2, 0.25) is 0 Å². The van der Waals surface area contributed by atoms with Crippen molar-refractivity contribution in [2.24, 2.45) is 0 Å². The van der Waals surface area contributed by atoms with E-state index in [1.807, 2.05) is 0 Å². The van der Waals surface area contributed by atoms with Crippen molar-refractivity contribution in [1.82, 2.24) is 0 Å². The number of unbranched alkanes of at least 4 members (excludes halogenated alkanes) is 1. The summed E-state index contributed by atoms with van der Waals surface area (Å²) in [4.78, 5) is 0. The highest BCUT2D eigenvalue weighted by atomic mass is 35.5. The van der Waals surface area contributed by atoms with Gasteiger partial charge in [-0.05, 0) is 18.9 Å². The van der Waals surface area contributed by atoms with Crippen LogP contribution in [0.2, 0.25) is 10.0 Å². The summed E-state index contributed by atoms with van der Waals surface area (Å²) < 4.78 is 40.4. The lowest BCUT2D eigenvalue weighted by molar-refractivity contribution is 0.0526. The number of hydrogen-bond acceptors (Lipinski definition) is 4. The van der Waals surface area contributed by atoms with Gasteiger partial charge in [0.1, 0.15) is 33.7 Å². The third-order valence-corrected chi connectivity index (χ3v) is 4.45. The Labute approximate surface area is 186 Å². The zero-order valence-corrected chi connectivity index (χ0v) is 18.1. The lowest BCUT2D eigenvalue weighted by Crippen LogP contribution is -2.16. The molecule has 1 aromatic carbocycles. The van der Waals surface area contributed by atoms with Crippen LogP contribution in [0.5, 0.6) is 11.5 Å². The Kier molecular flexibility index (Phi) is 12.5. The third kappa shape index (κ3) is 9.83. The standard InChI is InChI=1S/C17H17Cl5F2O4/c18-10-8-14(28-6-3-15(20)21)11(19)7-13(10)27-5-2-1-4-26-9-12(25)16(22)17(23)24/h3,7-8,12,25H,1-2,4-6,9H2. The Balaban J connectivity index is 2.33. The molecule has 0 saturated heterocycles. The zero-order chi connectivity index (χ0) is 21.1. The van der Waals surface area contributed by atoms with E-state index >= 15 is 0 Å². The van der Waals surface area contributed by atoms with Crippen molar-refractivity contribution in [3.8, 4) is 11.5 Å². The second-order valence-electron chi connectivity index (χ2n) is 5.27. The maximum absolute atomic E-state index is 12.2. The molecular weight excluding hydrogens is 483 g/mol. The van der Waals surface area contributed by atoms with Gasteiger partial charge in [-0.15, -0.1) is 0 Å². The van der Waals surface area contributed by atoms with E-state index in [1.54, 1.807) is 0 Å². The average molecular weight is 501 g/mol. The summed E-state index contributed by atoms with van der Waals surface area (Å²) >= 11 is 28.4. The number of rotatable bonds is 12. The molecule has 0 aliphatic rings. The molecule has 28 heavy (non-hydrogen) atoms. The third-order valence-electron chi connectivity index (χ3n) is 3.15. The Morgan fingerprint density at radius 3 is 2.14 bits per heavy atom. The van der Waals surface area contributed by atoms with Crippen LogP contribution in [0.15, 0.2) is 33.8 Å². The van der Waals surface area contributed by atoms with Crippen LogP contribution in [0.4, 0.5) is 8.78 Å². The normalized spacial score (nSPS) is 11.7. The molecule has 1 rings (SSSR count). The maximum Gasteiger partial charge on any atom is 0.287 e. The molecule has 158 valence electrons. The molecule has 11 heteroatoms. The van der Waals surface area contributed by atoms with Gasteiger partial charge in [-0.1, -0.05) is 58.0 Å². The predicted octanol–water partition coefficient (Wildman–Crippen LogP) is 6.57. The molecule has 0 spiro atoms. The van der Waals surface area contributed by atoms with E-state index in [4.69, 9.17) is 72.2 Å². The fraction of sp³-hybridized carbons (Fsp3) is 0.412. The smallest absolute Gasteiger partial charge is 0.287 e. The number of benzene rings is 1. The lowest BCUT2D eigenvalue weighted by Gasteiger charge is -2.12. The molecule has 0 saturated carbocycles. The summed E-state index contributed by atoms with van der Waals surface area (Å²) in [6.45, 7) is 0.388. The molecule has 0 radical (unpaired) electrons. The maximum atomic E-state index is 12.2. The SMILES string of the molecule is OC(COCCCCOc1cc(Cl)c(OCC=C(Cl)Cl)cc1Cl)C(Cl)=C(F)F. The van der Waals surface area contributed by atoms with Gasteiger partial charge in [0.05, 0.1) is 23.3 Å². The second-order valence-corrected chi connectivity index (χ2v) is 7.50. The number of aliphatic hydroxyl groups excluding tert-OH is 1. The van der Waals surface area contributed by atoms with Crippen molar-refractivity contribution >= 4 is 58.0 Å². The van der Waals surface area contributed by atoms with Crippen LogP contribution >= 0.6 is 58.0 Å². The molecule has 0 aliphatic carbocycles. The van der Waals surface area contributed by atoms with Crippen LogP contribution in [0.25, 0.3) is 0 Å². The molecule has 0 bridgehead atoms. The molecule has 1 aromatic rings. The molecule has 0 heterocycles. The Morgan fingerprint density at radius 1 is 1.00 bits per heavy atom. The first-order valence-electron chi connectivity index (χ1n) is 7.94. The molecule has 1 atom stereocenters. The molecule has 0 aliphatic heterocycles. The summed E-state index contributed by atoms with van der Waals surface area (Å²) in [7, 11) is 0. The van der Waals surface area contributed by atoms with Crippen molar-refractivity contribution in [2.75, 3.05) is 26.4 Å². The fourth-order valence-corrected chi connectivity index (χ4v) is 2.41. The van der Waals surface area contributed by atoms with Crippen molar-refractivity contribution in [2.45, 2.75) is 18.9 Å². The molecule has 1 unspecified atom stereocenters. The van der Waals surface area contributed by atoms with Gasteiger partial charge in [-0.3, -0.25) is 0 Å². The highest BCUT2D eigenvalue weighted by molar-refractivity contribution is 6.55. The van der Waals surface area contributed by atoms with Crippen molar-refractivity contribution in [1.29, 1.82) is 0 Å². The topological polar surface area (TPSA) is 47.9 Å². The van der Waals surface area contributed by atoms with Crippen LogP contribution < -0.4 is 9.47 Å². The Hall–Kier alpha value is -0.470. The van der Waals surface area contributed by atoms with E-state index in [9.17, 15) is 13.9 Å². The molecule has 1 N–H and O–H groups in total. The van der Waals surface area contributed by atoms with Crippen molar-refractivity contribution in [3.05, 3.63) is 43.9 Å². The highest BCUT2D eigenvalue weighted by Crippen LogP contribution is 2.36. The lowest BCUT2D eigenvalue weighted by atomic mass is 10.3.